The van der Waals surface area contributed by atoms with E-state index < -0.39 is 0 Å². The molecule has 0 saturated heterocycles. The van der Waals surface area contributed by atoms with Crippen LogP contribution in [0.3, 0.4) is 0 Å². The molecule has 0 aliphatic carbocycles. The molecule has 1 aliphatic heterocycles. The molecule has 3 N–H and O–H groups in total. The van der Waals surface area contributed by atoms with Gasteiger partial charge in [-0.25, -0.2) is 5.01 Å². The molecular formula is C23H28N6O. The number of aliphatic hydroxyl groups is 1. The highest BCUT2D eigenvalue weighted by Crippen LogP contribution is 2.30. The number of benzene rings is 2. The van der Waals surface area contributed by atoms with Gasteiger partial charge >= 0.3 is 0 Å². The first-order valence-electron chi connectivity index (χ1n) is 10.5. The summed E-state index contributed by atoms with van der Waals surface area (Å²) < 4.78 is 0. The summed E-state index contributed by atoms with van der Waals surface area (Å²) >= 11 is 0. The molecule has 4 rings (SSSR count). The van der Waals surface area contributed by atoms with Gasteiger partial charge in [0.2, 0.25) is 5.82 Å². The SMILES string of the molecule is CCCCN1NC(Cc2ccc(-c3ccccc3-c3nn[nH]n3)cc2)=C(CO)C1C. The highest BCUT2D eigenvalue weighted by atomic mass is 16.3. The summed E-state index contributed by atoms with van der Waals surface area (Å²) in [6.45, 7) is 5.42. The molecule has 1 unspecified atom stereocenters. The lowest BCUT2D eigenvalue weighted by atomic mass is 9.97. The van der Waals surface area contributed by atoms with Gasteiger partial charge in [-0.15, -0.1) is 10.2 Å². The first-order chi connectivity index (χ1) is 14.7. The molecule has 2 heterocycles. The number of nitrogens with zero attached hydrogens (tertiary/aromatic N) is 4. The van der Waals surface area contributed by atoms with Crippen LogP contribution in [0.15, 0.2) is 59.8 Å². The Labute approximate surface area is 176 Å². The number of rotatable bonds is 8. The molecule has 0 saturated carbocycles. The molecule has 1 atom stereocenters. The zero-order valence-electron chi connectivity index (χ0n) is 17.5. The van der Waals surface area contributed by atoms with Crippen LogP contribution in [0.5, 0.6) is 0 Å². The lowest BCUT2D eigenvalue weighted by molar-refractivity contribution is 0.190. The van der Waals surface area contributed by atoms with Crippen LogP contribution in [0.25, 0.3) is 22.5 Å². The second-order valence-electron chi connectivity index (χ2n) is 7.65. The van der Waals surface area contributed by atoms with Gasteiger partial charge in [-0.3, -0.25) is 0 Å². The standard InChI is InChI=1S/C23H28N6O/c1-3-4-13-29-16(2)21(15-30)22(26-29)14-17-9-11-18(12-10-17)19-7-5-6-8-20(19)23-24-27-28-25-23/h5-12,16,26,30H,3-4,13-15H2,1-2H3,(H,24,25,27,28). The van der Waals surface area contributed by atoms with E-state index in [1.807, 2.05) is 18.2 Å². The van der Waals surface area contributed by atoms with E-state index in [2.05, 4.69) is 75.2 Å². The van der Waals surface area contributed by atoms with Crippen LogP contribution in [0.1, 0.15) is 32.3 Å². The summed E-state index contributed by atoms with van der Waals surface area (Å²) in [5, 5.41) is 26.6. The van der Waals surface area contributed by atoms with Crippen molar-refractivity contribution in [1.29, 1.82) is 0 Å². The number of aromatic amines is 1. The van der Waals surface area contributed by atoms with Gasteiger partial charge < -0.3 is 10.5 Å². The van der Waals surface area contributed by atoms with Crippen molar-refractivity contribution < 1.29 is 5.11 Å². The minimum absolute atomic E-state index is 0.0856. The number of nitrogens with one attached hydrogen (secondary N) is 2. The van der Waals surface area contributed by atoms with Crippen LogP contribution in [0, 0.1) is 0 Å². The molecule has 0 bridgehead atoms. The van der Waals surface area contributed by atoms with Crippen LogP contribution in [-0.2, 0) is 6.42 Å². The average molecular weight is 405 g/mol. The number of aliphatic hydroxyl groups excluding tert-OH is 1. The fourth-order valence-electron chi connectivity index (χ4n) is 3.95. The number of unbranched alkanes of at least 4 members (excludes halogenated alkanes) is 1. The molecule has 0 amide bonds. The van der Waals surface area contributed by atoms with Crippen molar-refractivity contribution >= 4 is 0 Å². The van der Waals surface area contributed by atoms with Gasteiger partial charge in [0.05, 0.1) is 12.6 Å². The van der Waals surface area contributed by atoms with Gasteiger partial charge in [0.15, 0.2) is 0 Å². The van der Waals surface area contributed by atoms with E-state index in [-0.39, 0.29) is 12.6 Å². The minimum Gasteiger partial charge on any atom is -0.392 e. The second kappa shape index (κ2) is 9.19. The molecule has 30 heavy (non-hydrogen) atoms. The fourth-order valence-corrected chi connectivity index (χ4v) is 3.95. The maximum atomic E-state index is 9.90. The second-order valence-corrected chi connectivity index (χ2v) is 7.65. The van der Waals surface area contributed by atoms with E-state index >= 15 is 0 Å². The Balaban J connectivity index is 1.53. The maximum Gasteiger partial charge on any atom is 0.205 e. The Kier molecular flexibility index (Phi) is 6.21. The topological polar surface area (TPSA) is 90.0 Å². The van der Waals surface area contributed by atoms with Crippen LogP contribution in [0.4, 0.5) is 0 Å². The number of hydrogen-bond donors (Lipinski definition) is 3. The summed E-state index contributed by atoms with van der Waals surface area (Å²) in [4.78, 5) is 0. The van der Waals surface area contributed by atoms with Gasteiger partial charge in [-0.1, -0.05) is 61.9 Å². The van der Waals surface area contributed by atoms with Crippen molar-refractivity contribution in [2.24, 2.45) is 0 Å². The number of H-pyrrole nitrogens is 1. The number of aromatic nitrogens is 4. The van der Waals surface area contributed by atoms with E-state index in [4.69, 9.17) is 0 Å². The minimum atomic E-state index is 0.0856. The van der Waals surface area contributed by atoms with Gasteiger partial charge in [0.1, 0.15) is 0 Å². The molecule has 156 valence electrons. The summed E-state index contributed by atoms with van der Waals surface area (Å²) in [7, 11) is 0. The zero-order chi connectivity index (χ0) is 20.9. The van der Waals surface area contributed by atoms with Crippen LogP contribution >= 0.6 is 0 Å². The van der Waals surface area contributed by atoms with Crippen LogP contribution in [-0.4, -0.2) is 49.9 Å². The number of allylic oxidation sites excluding steroid dienone is 1. The first-order valence-corrected chi connectivity index (χ1v) is 10.5. The van der Waals surface area contributed by atoms with Gasteiger partial charge in [0.25, 0.3) is 0 Å². The van der Waals surface area contributed by atoms with E-state index in [1.165, 1.54) is 5.56 Å². The molecule has 0 spiro atoms. The quantitative estimate of drug-likeness (QED) is 0.534. The predicted octanol–water partition coefficient (Wildman–Crippen LogP) is 3.33. The molecule has 0 fully saturated rings. The fraction of sp³-hybridized carbons (Fsp3) is 0.348. The Bertz CT molecular complexity index is 997. The highest BCUT2D eigenvalue weighted by Gasteiger charge is 2.28. The van der Waals surface area contributed by atoms with Crippen molar-refractivity contribution in [2.45, 2.75) is 39.2 Å². The summed E-state index contributed by atoms with van der Waals surface area (Å²) in [6, 6.07) is 16.8. The molecule has 3 aromatic rings. The third kappa shape index (κ3) is 4.13. The molecule has 7 heteroatoms. The lowest BCUT2D eigenvalue weighted by Gasteiger charge is -2.23. The molecule has 7 nitrogen and oxygen atoms in total. The summed E-state index contributed by atoms with van der Waals surface area (Å²) in [6.07, 6.45) is 3.06. The normalized spacial score (nSPS) is 16.8. The molecule has 2 aromatic carbocycles. The average Bonchev–Trinajstić information content (AvgIpc) is 3.41. The molecule has 1 aliphatic rings. The third-order valence-corrected chi connectivity index (χ3v) is 5.72. The van der Waals surface area contributed by atoms with Gasteiger partial charge in [0, 0.05) is 24.2 Å². The van der Waals surface area contributed by atoms with E-state index in [9.17, 15) is 5.11 Å². The van der Waals surface area contributed by atoms with Gasteiger partial charge in [-0.05, 0) is 40.8 Å². The van der Waals surface area contributed by atoms with Crippen molar-refractivity contribution in [2.75, 3.05) is 13.2 Å². The molecule has 0 radical (unpaired) electrons. The largest absolute Gasteiger partial charge is 0.392 e. The van der Waals surface area contributed by atoms with Crippen molar-refractivity contribution in [3.63, 3.8) is 0 Å². The Morgan fingerprint density at radius 2 is 1.83 bits per heavy atom. The van der Waals surface area contributed by atoms with E-state index in [0.29, 0.717) is 5.82 Å². The van der Waals surface area contributed by atoms with Crippen LogP contribution in [0.2, 0.25) is 0 Å². The third-order valence-electron chi connectivity index (χ3n) is 5.72. The lowest BCUT2D eigenvalue weighted by Crippen LogP contribution is -2.38. The number of hydrazine groups is 1. The van der Waals surface area contributed by atoms with Crippen molar-refractivity contribution in [1.82, 2.24) is 31.1 Å². The summed E-state index contributed by atoms with van der Waals surface area (Å²) in [5.41, 5.74) is 10.0. The number of tetrazole rings is 1. The Morgan fingerprint density at radius 1 is 1.07 bits per heavy atom. The maximum absolute atomic E-state index is 9.90. The number of hydrogen-bond acceptors (Lipinski definition) is 6. The highest BCUT2D eigenvalue weighted by molar-refractivity contribution is 5.80. The smallest absolute Gasteiger partial charge is 0.205 e. The van der Waals surface area contributed by atoms with Crippen molar-refractivity contribution in [3.8, 4) is 22.5 Å². The van der Waals surface area contributed by atoms with Crippen molar-refractivity contribution in [3.05, 3.63) is 65.4 Å². The van der Waals surface area contributed by atoms with Gasteiger partial charge in [-0.2, -0.15) is 5.21 Å². The Hall–Kier alpha value is -3.03. The zero-order valence-corrected chi connectivity index (χ0v) is 17.5. The summed E-state index contributed by atoms with van der Waals surface area (Å²) in [5.74, 6) is 0.587. The Morgan fingerprint density at radius 3 is 2.50 bits per heavy atom. The first kappa shape index (κ1) is 20.3. The van der Waals surface area contributed by atoms with E-state index in [0.717, 1.165) is 53.8 Å². The monoisotopic (exact) mass is 404 g/mol. The van der Waals surface area contributed by atoms with Crippen LogP contribution < -0.4 is 5.43 Å². The molecular weight excluding hydrogens is 376 g/mol. The van der Waals surface area contributed by atoms with E-state index in [1.54, 1.807) is 0 Å². The predicted molar refractivity (Wildman–Crippen MR) is 117 cm³/mol. The molecule has 1 aromatic heterocycles.